The first-order chi connectivity index (χ1) is 13.9. The SMILES string of the molecule is COc1cc(C(=O)/C(=C/C(=C=N)C#N)[n+]2cc(C)cc(C)c2)cc(OC)c1OC. The van der Waals surface area contributed by atoms with Gasteiger partial charge < -0.3 is 14.2 Å². The first-order valence-corrected chi connectivity index (χ1v) is 8.64. The Kier molecular flexibility index (Phi) is 6.91. The van der Waals surface area contributed by atoms with Gasteiger partial charge >= 0.3 is 0 Å². The molecule has 0 atom stereocenters. The number of aryl methyl sites for hydroxylation is 2. The standard InChI is InChI=1S/C22H22N3O4/c1-14-6-15(2)13-25(12-14)18(7-16(10-23)11-24)21(26)17-8-19(27-3)22(29-5)20(9-17)28-4/h6-9,12-13,23H,1-5H3/q+1/b18-7-. The Morgan fingerprint density at radius 1 is 1.03 bits per heavy atom. The summed E-state index contributed by atoms with van der Waals surface area (Å²) in [6, 6.07) is 6.91. The van der Waals surface area contributed by atoms with Crippen molar-refractivity contribution in [1.82, 2.24) is 0 Å². The Bertz CT molecular complexity index is 1030. The number of aromatic nitrogens is 1. The number of nitrogens with one attached hydrogen (secondary N) is 1. The fourth-order valence-electron chi connectivity index (χ4n) is 2.90. The fraction of sp³-hybridized carbons (Fsp3) is 0.227. The molecule has 2 aromatic rings. The lowest BCUT2D eigenvalue weighted by molar-refractivity contribution is -0.577. The summed E-state index contributed by atoms with van der Waals surface area (Å²) in [4.78, 5) is 13.4. The van der Waals surface area contributed by atoms with Crippen LogP contribution < -0.4 is 18.8 Å². The van der Waals surface area contributed by atoms with Gasteiger partial charge in [0.2, 0.25) is 5.75 Å². The maximum atomic E-state index is 13.4. The fourth-order valence-corrected chi connectivity index (χ4v) is 2.90. The van der Waals surface area contributed by atoms with Crippen molar-refractivity contribution in [1.29, 1.82) is 10.7 Å². The van der Waals surface area contributed by atoms with Gasteiger partial charge in [-0.1, -0.05) is 0 Å². The molecule has 0 saturated carbocycles. The molecule has 1 aromatic carbocycles. The van der Waals surface area contributed by atoms with Gasteiger partial charge in [0.05, 0.1) is 21.3 Å². The highest BCUT2D eigenvalue weighted by atomic mass is 16.5. The van der Waals surface area contributed by atoms with E-state index < -0.39 is 0 Å². The molecule has 1 aromatic heterocycles. The molecule has 7 nitrogen and oxygen atoms in total. The van der Waals surface area contributed by atoms with Gasteiger partial charge in [-0.05, 0) is 37.9 Å². The molecule has 7 heteroatoms. The van der Waals surface area contributed by atoms with Gasteiger partial charge in [0, 0.05) is 22.8 Å². The van der Waals surface area contributed by atoms with E-state index in [0.29, 0.717) is 17.2 Å². The third-order valence-corrected chi connectivity index (χ3v) is 4.11. The molecule has 0 radical (unpaired) electrons. The maximum Gasteiger partial charge on any atom is 0.261 e. The van der Waals surface area contributed by atoms with E-state index in [0.717, 1.165) is 11.1 Å². The van der Waals surface area contributed by atoms with Gasteiger partial charge in [-0.3, -0.25) is 10.2 Å². The van der Waals surface area contributed by atoms with E-state index in [9.17, 15) is 10.1 Å². The number of allylic oxidation sites excluding steroid dienone is 3. The predicted molar refractivity (Wildman–Crippen MR) is 108 cm³/mol. The Morgan fingerprint density at radius 3 is 2.00 bits per heavy atom. The molecule has 148 valence electrons. The van der Waals surface area contributed by atoms with E-state index in [4.69, 9.17) is 19.6 Å². The zero-order chi connectivity index (χ0) is 21.6. The lowest BCUT2D eigenvalue weighted by atomic mass is 10.0. The second kappa shape index (κ2) is 9.36. The van der Waals surface area contributed by atoms with Crippen LogP contribution in [0.25, 0.3) is 5.70 Å². The summed E-state index contributed by atoms with van der Waals surface area (Å²) >= 11 is 0. The Hall–Kier alpha value is -3.88. The molecule has 0 bridgehead atoms. The summed E-state index contributed by atoms with van der Waals surface area (Å²) < 4.78 is 17.6. The molecule has 0 fully saturated rings. The second-order valence-electron chi connectivity index (χ2n) is 6.22. The topological polar surface area (TPSA) is 96.3 Å². The van der Waals surface area contributed by atoms with Crippen molar-refractivity contribution < 1.29 is 23.6 Å². The minimum absolute atomic E-state index is 0.0764. The molecule has 0 spiro atoms. The number of pyridine rings is 1. The van der Waals surface area contributed by atoms with Gasteiger partial charge in [-0.15, -0.1) is 0 Å². The Balaban J connectivity index is 2.74. The number of hydrogen-bond donors (Lipinski definition) is 1. The highest BCUT2D eigenvalue weighted by Crippen LogP contribution is 2.38. The summed E-state index contributed by atoms with van der Waals surface area (Å²) in [6.07, 6.45) is 4.87. The predicted octanol–water partition coefficient (Wildman–Crippen LogP) is 3.04. The van der Waals surface area contributed by atoms with Crippen molar-refractivity contribution in [3.05, 3.63) is 58.9 Å². The molecular formula is C22H22N3O4+. The van der Waals surface area contributed by atoms with Crippen molar-refractivity contribution in [3.63, 3.8) is 0 Å². The van der Waals surface area contributed by atoms with E-state index >= 15 is 0 Å². The number of nitriles is 1. The van der Waals surface area contributed by atoms with Gasteiger partial charge in [0.15, 0.2) is 23.9 Å². The number of nitrogens with zero attached hydrogens (tertiary/aromatic N) is 2. The summed E-state index contributed by atoms with van der Waals surface area (Å²) in [5.74, 6) is 2.70. The van der Waals surface area contributed by atoms with Gasteiger partial charge in [0.1, 0.15) is 11.6 Å². The molecule has 0 aliphatic carbocycles. The Labute approximate surface area is 169 Å². The van der Waals surface area contributed by atoms with E-state index in [1.807, 2.05) is 31.9 Å². The number of carbonyl (C=O) groups is 1. The first-order valence-electron chi connectivity index (χ1n) is 8.64. The number of benzene rings is 1. The second-order valence-corrected chi connectivity index (χ2v) is 6.22. The molecular weight excluding hydrogens is 370 g/mol. The van der Waals surface area contributed by atoms with Crippen LogP contribution in [0, 0.1) is 30.6 Å². The number of hydrogen-bond acceptors (Lipinski definition) is 6. The van der Waals surface area contributed by atoms with E-state index in [-0.39, 0.29) is 22.6 Å². The van der Waals surface area contributed by atoms with Crippen molar-refractivity contribution in [2.24, 2.45) is 0 Å². The van der Waals surface area contributed by atoms with Crippen LogP contribution in [0.4, 0.5) is 0 Å². The molecule has 0 aliphatic rings. The van der Waals surface area contributed by atoms with Crippen molar-refractivity contribution >= 4 is 17.4 Å². The molecule has 0 amide bonds. The van der Waals surface area contributed by atoms with Crippen LogP contribution in [0.5, 0.6) is 17.2 Å². The van der Waals surface area contributed by atoms with E-state index in [1.165, 1.54) is 27.4 Å². The lowest BCUT2D eigenvalue weighted by Gasteiger charge is -2.13. The van der Waals surface area contributed by atoms with Crippen LogP contribution in [-0.4, -0.2) is 33.0 Å². The van der Waals surface area contributed by atoms with Gasteiger partial charge in [-0.25, -0.2) is 0 Å². The average molecular weight is 392 g/mol. The maximum absolute atomic E-state index is 13.4. The van der Waals surface area contributed by atoms with E-state index in [1.54, 1.807) is 29.1 Å². The minimum atomic E-state index is -0.387. The minimum Gasteiger partial charge on any atom is -0.493 e. The highest BCUT2D eigenvalue weighted by molar-refractivity contribution is 6.22. The normalized spacial score (nSPS) is 10.6. The van der Waals surface area contributed by atoms with Crippen LogP contribution >= 0.6 is 0 Å². The molecule has 0 aliphatic heterocycles. The number of methoxy groups -OCH3 is 3. The van der Waals surface area contributed by atoms with Crippen molar-refractivity contribution in [2.75, 3.05) is 21.3 Å². The first kappa shape index (κ1) is 21.4. The summed E-state index contributed by atoms with van der Waals surface area (Å²) in [5.41, 5.74) is 2.26. The third-order valence-electron chi connectivity index (χ3n) is 4.11. The molecule has 0 saturated heterocycles. The van der Waals surface area contributed by atoms with Gasteiger partial charge in [0.25, 0.3) is 11.5 Å². The van der Waals surface area contributed by atoms with Crippen molar-refractivity contribution in [2.45, 2.75) is 13.8 Å². The molecule has 29 heavy (non-hydrogen) atoms. The van der Waals surface area contributed by atoms with Gasteiger partial charge in [-0.2, -0.15) is 9.83 Å². The average Bonchev–Trinajstić information content (AvgIpc) is 2.72. The number of rotatable bonds is 7. The van der Waals surface area contributed by atoms with Crippen molar-refractivity contribution in [3.8, 4) is 23.3 Å². The smallest absolute Gasteiger partial charge is 0.261 e. The summed E-state index contributed by atoms with van der Waals surface area (Å²) in [5, 5.41) is 16.5. The monoisotopic (exact) mass is 392 g/mol. The number of ketones is 1. The number of Topliss-reactive ketones (excluding diaryl/α,β-unsaturated/α-hetero) is 1. The summed E-state index contributed by atoms with van der Waals surface area (Å²) in [7, 11) is 4.41. The number of carbonyl (C=O) groups excluding carboxylic acids is 1. The third kappa shape index (κ3) is 4.70. The quantitative estimate of drug-likeness (QED) is 0.195. The van der Waals surface area contributed by atoms with Crippen LogP contribution in [-0.2, 0) is 0 Å². The lowest BCUT2D eigenvalue weighted by Crippen LogP contribution is -2.36. The van der Waals surface area contributed by atoms with Crippen LogP contribution in [0.2, 0.25) is 0 Å². The zero-order valence-electron chi connectivity index (χ0n) is 17.0. The number of ether oxygens (including phenoxy) is 3. The summed E-state index contributed by atoms with van der Waals surface area (Å²) in [6.45, 7) is 3.81. The van der Waals surface area contributed by atoms with Crippen LogP contribution in [0.1, 0.15) is 21.5 Å². The molecule has 1 N–H and O–H groups in total. The largest absolute Gasteiger partial charge is 0.493 e. The van der Waals surface area contributed by atoms with E-state index in [2.05, 4.69) is 0 Å². The Morgan fingerprint density at radius 2 is 1.59 bits per heavy atom. The molecule has 0 unspecified atom stereocenters. The molecule has 2 rings (SSSR count). The highest BCUT2D eigenvalue weighted by Gasteiger charge is 2.26. The van der Waals surface area contributed by atoms with Crippen LogP contribution in [0.15, 0.2) is 42.2 Å². The molecule has 1 heterocycles. The van der Waals surface area contributed by atoms with Crippen LogP contribution in [0.3, 0.4) is 0 Å². The zero-order valence-corrected chi connectivity index (χ0v) is 17.0.